The van der Waals surface area contributed by atoms with Crippen LogP contribution in [0.2, 0.25) is 0 Å². The van der Waals surface area contributed by atoms with Gasteiger partial charge < -0.3 is 30.9 Å². The molecule has 1 aromatic heterocycles. The molecule has 0 spiro atoms. The minimum atomic E-state index is -4.69. The number of imide groups is 1. The highest BCUT2D eigenvalue weighted by Crippen LogP contribution is 2.39. The number of pyridine rings is 1. The fourth-order valence-corrected chi connectivity index (χ4v) is 7.81. The molecule has 13 nitrogen and oxygen atoms in total. The van der Waals surface area contributed by atoms with Crippen LogP contribution in [0.1, 0.15) is 47.2 Å². The Morgan fingerprint density at radius 2 is 1.62 bits per heavy atom. The SMILES string of the molecule is CNC(=O)c1ccccc1Nc1cc(Nc2ccc(N3CCC(N4CCN(Cc5ccc(NC6CCC(=O)NC6=O)cc5)CC4)CC3)cc2OC)ncc1C(F)(F)F. The second-order valence-corrected chi connectivity index (χ2v) is 14.7. The molecule has 3 aliphatic heterocycles. The quantitative estimate of drug-likeness (QED) is 0.108. The molecule has 16 heteroatoms. The summed E-state index contributed by atoms with van der Waals surface area (Å²) >= 11 is 0. The second kappa shape index (κ2) is 17.7. The summed E-state index contributed by atoms with van der Waals surface area (Å²) in [5, 5.41) is 14.1. The van der Waals surface area contributed by atoms with Crippen molar-refractivity contribution in [3.05, 3.63) is 95.7 Å². The fourth-order valence-electron chi connectivity index (χ4n) is 7.81. The number of carbonyl (C=O) groups excluding carboxylic acids is 3. The lowest BCUT2D eigenvalue weighted by Gasteiger charge is -2.43. The fraction of sp³-hybridized carbons (Fsp3) is 0.381. The predicted molar refractivity (Wildman–Crippen MR) is 217 cm³/mol. The van der Waals surface area contributed by atoms with Crippen molar-refractivity contribution in [1.82, 2.24) is 25.4 Å². The molecule has 306 valence electrons. The van der Waals surface area contributed by atoms with Gasteiger partial charge in [0.05, 0.1) is 35.3 Å². The van der Waals surface area contributed by atoms with Gasteiger partial charge in [-0.1, -0.05) is 24.3 Å². The number of ether oxygens (including phenoxy) is 1. The van der Waals surface area contributed by atoms with Crippen LogP contribution < -0.4 is 36.2 Å². The number of anilines is 6. The van der Waals surface area contributed by atoms with Crippen molar-refractivity contribution in [2.45, 2.75) is 50.5 Å². The molecule has 58 heavy (non-hydrogen) atoms. The van der Waals surface area contributed by atoms with Crippen LogP contribution >= 0.6 is 0 Å². The van der Waals surface area contributed by atoms with Gasteiger partial charge in [-0.05, 0) is 61.2 Å². The molecule has 1 atom stereocenters. The van der Waals surface area contributed by atoms with E-state index in [1.165, 1.54) is 24.7 Å². The minimum absolute atomic E-state index is 0.164. The molecule has 0 bridgehead atoms. The van der Waals surface area contributed by atoms with Gasteiger partial charge >= 0.3 is 6.18 Å². The zero-order valence-corrected chi connectivity index (χ0v) is 32.5. The highest BCUT2D eigenvalue weighted by atomic mass is 19.4. The molecule has 3 aliphatic rings. The standard InChI is InChI=1S/C42H48F3N9O4/c1-46-40(56)31-5-3-4-6-33(31)49-36-24-38(47-25-32(36)42(43,44)45)50-34-12-11-30(23-37(34)58-2)53-17-15-29(16-18-53)54-21-19-52(20-22-54)26-27-7-9-28(10-8-27)48-35-13-14-39(55)51-41(35)57/h3-12,23-25,29,35,48H,13-22,26H2,1-2H3,(H,46,56)(H2,47,49,50)(H,51,55,57). The molecule has 0 saturated carbocycles. The molecule has 0 radical (unpaired) electrons. The molecule has 0 aliphatic carbocycles. The van der Waals surface area contributed by atoms with Crippen LogP contribution in [-0.2, 0) is 22.3 Å². The largest absolute Gasteiger partial charge is 0.494 e. The van der Waals surface area contributed by atoms with Crippen LogP contribution in [0.15, 0.2) is 79.0 Å². The van der Waals surface area contributed by atoms with Gasteiger partial charge in [0.1, 0.15) is 17.6 Å². The number of nitrogens with zero attached hydrogens (tertiary/aromatic N) is 4. The first-order valence-electron chi connectivity index (χ1n) is 19.5. The normalized spacial score (nSPS) is 18.4. The molecule has 1 unspecified atom stereocenters. The summed E-state index contributed by atoms with van der Waals surface area (Å²) in [5.41, 5.74) is 2.82. The Labute approximate surface area is 335 Å². The van der Waals surface area contributed by atoms with Gasteiger partial charge in [-0.15, -0.1) is 0 Å². The van der Waals surface area contributed by atoms with Crippen molar-refractivity contribution in [2.75, 3.05) is 74.3 Å². The number of hydrogen-bond acceptors (Lipinski definition) is 11. The first kappa shape index (κ1) is 40.3. The Kier molecular flexibility index (Phi) is 12.3. The van der Waals surface area contributed by atoms with Crippen LogP contribution in [0.4, 0.5) is 47.4 Å². The predicted octanol–water partition coefficient (Wildman–Crippen LogP) is 5.96. The van der Waals surface area contributed by atoms with E-state index in [0.717, 1.165) is 76.2 Å². The third kappa shape index (κ3) is 9.62. The van der Waals surface area contributed by atoms with E-state index in [1.807, 2.05) is 30.3 Å². The van der Waals surface area contributed by atoms with E-state index in [4.69, 9.17) is 4.74 Å². The van der Waals surface area contributed by atoms with Gasteiger partial charge in [0.25, 0.3) is 5.91 Å². The molecule has 4 heterocycles. The molecule has 5 N–H and O–H groups in total. The highest BCUT2D eigenvalue weighted by Gasteiger charge is 2.35. The number of piperazine rings is 1. The summed E-state index contributed by atoms with van der Waals surface area (Å²) in [6.07, 6.45) is -1.04. The molecule has 3 fully saturated rings. The molecule has 7 rings (SSSR count). The molecule has 3 aromatic carbocycles. The summed E-state index contributed by atoms with van der Waals surface area (Å²) in [5.74, 6) is -0.246. The van der Waals surface area contributed by atoms with Gasteiger partial charge in [-0.3, -0.25) is 29.5 Å². The Hall–Kier alpha value is -5.87. The number of aromatic nitrogens is 1. The van der Waals surface area contributed by atoms with E-state index < -0.39 is 23.7 Å². The third-order valence-electron chi connectivity index (χ3n) is 11.0. The first-order valence-corrected chi connectivity index (χ1v) is 19.5. The summed E-state index contributed by atoms with van der Waals surface area (Å²) in [4.78, 5) is 47.4. The van der Waals surface area contributed by atoms with Crippen molar-refractivity contribution in [3.63, 3.8) is 0 Å². The summed E-state index contributed by atoms with van der Waals surface area (Å²) in [7, 11) is 3.01. The average Bonchev–Trinajstić information content (AvgIpc) is 3.22. The summed E-state index contributed by atoms with van der Waals surface area (Å²) < 4.78 is 47.9. The van der Waals surface area contributed by atoms with Crippen molar-refractivity contribution in [3.8, 4) is 5.75 Å². The van der Waals surface area contributed by atoms with Gasteiger partial charge in [0.2, 0.25) is 11.8 Å². The smallest absolute Gasteiger partial charge is 0.419 e. The number of alkyl halides is 3. The number of carbonyl (C=O) groups is 3. The highest BCUT2D eigenvalue weighted by molar-refractivity contribution is 6.01. The Morgan fingerprint density at radius 3 is 2.31 bits per heavy atom. The van der Waals surface area contributed by atoms with E-state index in [1.54, 1.807) is 25.3 Å². The number of halogens is 3. The van der Waals surface area contributed by atoms with E-state index in [9.17, 15) is 27.6 Å². The van der Waals surface area contributed by atoms with Crippen LogP contribution in [0.3, 0.4) is 0 Å². The van der Waals surface area contributed by atoms with Crippen molar-refractivity contribution in [1.29, 1.82) is 0 Å². The van der Waals surface area contributed by atoms with Gasteiger partial charge in [0, 0.05) is 95.0 Å². The lowest BCUT2D eigenvalue weighted by Crippen LogP contribution is -2.53. The Bertz CT molecular complexity index is 2100. The lowest BCUT2D eigenvalue weighted by atomic mass is 10.0. The van der Waals surface area contributed by atoms with Crippen molar-refractivity contribution < 1.29 is 32.3 Å². The summed E-state index contributed by atoms with van der Waals surface area (Å²) in [6.45, 7) is 6.60. The first-order chi connectivity index (χ1) is 28.0. The number of benzene rings is 3. The molecular formula is C42H48F3N9O4. The Balaban J connectivity index is 0.915. The molecule has 3 saturated heterocycles. The van der Waals surface area contributed by atoms with Gasteiger partial charge in [0.15, 0.2) is 0 Å². The maximum absolute atomic E-state index is 14.0. The van der Waals surface area contributed by atoms with E-state index in [0.29, 0.717) is 30.3 Å². The molecule has 4 aromatic rings. The number of nitrogens with one attached hydrogen (secondary N) is 5. The topological polar surface area (TPSA) is 143 Å². The number of methoxy groups -OCH3 is 1. The lowest BCUT2D eigenvalue weighted by molar-refractivity contribution is -0.137. The van der Waals surface area contributed by atoms with Gasteiger partial charge in [-0.25, -0.2) is 4.98 Å². The van der Waals surface area contributed by atoms with Crippen LogP contribution in [-0.4, -0.2) is 98.0 Å². The maximum atomic E-state index is 14.0. The number of amides is 3. The van der Waals surface area contributed by atoms with Crippen LogP contribution in [0, 0.1) is 0 Å². The zero-order valence-electron chi connectivity index (χ0n) is 32.5. The maximum Gasteiger partial charge on any atom is 0.419 e. The van der Waals surface area contributed by atoms with E-state index in [2.05, 4.69) is 58.4 Å². The Morgan fingerprint density at radius 1 is 0.879 bits per heavy atom. The minimum Gasteiger partial charge on any atom is -0.494 e. The number of hydrogen-bond donors (Lipinski definition) is 5. The van der Waals surface area contributed by atoms with Crippen molar-refractivity contribution in [2.24, 2.45) is 0 Å². The van der Waals surface area contributed by atoms with E-state index in [-0.39, 0.29) is 34.6 Å². The second-order valence-electron chi connectivity index (χ2n) is 14.7. The number of para-hydroxylation sites is 1. The van der Waals surface area contributed by atoms with Crippen LogP contribution in [0.25, 0.3) is 0 Å². The summed E-state index contributed by atoms with van der Waals surface area (Å²) in [6, 6.07) is 21.6. The van der Waals surface area contributed by atoms with Gasteiger partial charge in [-0.2, -0.15) is 13.2 Å². The third-order valence-corrected chi connectivity index (χ3v) is 11.0. The van der Waals surface area contributed by atoms with Crippen molar-refractivity contribution >= 4 is 52.0 Å². The number of piperidine rings is 2. The molecular weight excluding hydrogens is 752 g/mol. The monoisotopic (exact) mass is 799 g/mol. The average molecular weight is 800 g/mol. The molecule has 3 amide bonds. The zero-order chi connectivity index (χ0) is 40.8. The van der Waals surface area contributed by atoms with E-state index >= 15 is 0 Å². The number of rotatable bonds is 12. The van der Waals surface area contributed by atoms with Crippen LogP contribution in [0.5, 0.6) is 5.75 Å².